The molecule has 0 unspecified atom stereocenters. The minimum Gasteiger partial charge on any atom is -0.489 e. The Morgan fingerprint density at radius 3 is 2.75 bits per heavy atom. The molecule has 0 saturated carbocycles. The van der Waals surface area contributed by atoms with Crippen molar-refractivity contribution in [3.05, 3.63) is 71.0 Å². The zero-order valence-corrected chi connectivity index (χ0v) is 13.4. The molecule has 24 heavy (non-hydrogen) atoms. The van der Waals surface area contributed by atoms with E-state index in [4.69, 9.17) is 9.84 Å². The summed E-state index contributed by atoms with van der Waals surface area (Å²) in [5, 5.41) is 11.3. The third-order valence-corrected chi connectivity index (χ3v) is 4.22. The molecule has 0 aliphatic heterocycles. The van der Waals surface area contributed by atoms with Gasteiger partial charge in [0, 0.05) is 10.9 Å². The number of thiazole rings is 1. The second-order valence-corrected chi connectivity index (χ2v) is 6.02. The zero-order chi connectivity index (χ0) is 16.9. The molecule has 6 heteroatoms. The molecule has 0 bridgehead atoms. The van der Waals surface area contributed by atoms with E-state index < -0.39 is 5.97 Å². The number of ether oxygens (including phenoxy) is 1. The summed E-state index contributed by atoms with van der Waals surface area (Å²) in [7, 11) is 0. The molecule has 0 aliphatic rings. The Morgan fingerprint density at radius 1 is 1.21 bits per heavy atom. The Bertz CT molecular complexity index is 845. The molecule has 0 saturated heterocycles. The van der Waals surface area contributed by atoms with Crippen LogP contribution in [0.2, 0.25) is 0 Å². The van der Waals surface area contributed by atoms with Crippen LogP contribution in [0.4, 0.5) is 4.39 Å². The highest BCUT2D eigenvalue weighted by Gasteiger charge is 2.08. The highest BCUT2D eigenvalue weighted by atomic mass is 32.1. The second kappa shape index (κ2) is 7.23. The molecule has 1 N–H and O–H groups in total. The topological polar surface area (TPSA) is 59.4 Å². The first kappa shape index (κ1) is 16.1. The number of carboxylic acid groups (broad SMARTS) is 1. The normalized spacial score (nSPS) is 10.5. The quantitative estimate of drug-likeness (QED) is 0.730. The highest BCUT2D eigenvalue weighted by molar-refractivity contribution is 7.13. The maximum Gasteiger partial charge on any atom is 0.309 e. The maximum absolute atomic E-state index is 12.9. The lowest BCUT2D eigenvalue weighted by Crippen LogP contribution is -1.99. The van der Waals surface area contributed by atoms with Gasteiger partial charge in [-0.2, -0.15) is 0 Å². The van der Waals surface area contributed by atoms with E-state index in [1.54, 1.807) is 17.5 Å². The lowest BCUT2D eigenvalue weighted by molar-refractivity contribution is -0.136. The number of carbonyl (C=O) groups is 1. The third-order valence-electron chi connectivity index (χ3n) is 3.28. The van der Waals surface area contributed by atoms with Crippen molar-refractivity contribution in [1.29, 1.82) is 0 Å². The monoisotopic (exact) mass is 343 g/mol. The van der Waals surface area contributed by atoms with Gasteiger partial charge in [-0.1, -0.05) is 24.3 Å². The summed E-state index contributed by atoms with van der Waals surface area (Å²) in [4.78, 5) is 15.1. The zero-order valence-electron chi connectivity index (χ0n) is 12.6. The first-order valence-corrected chi connectivity index (χ1v) is 8.12. The lowest BCUT2D eigenvalue weighted by atomic mass is 10.2. The Balaban J connectivity index is 1.70. The first-order chi connectivity index (χ1) is 11.6. The van der Waals surface area contributed by atoms with Gasteiger partial charge in [0.15, 0.2) is 0 Å². The van der Waals surface area contributed by atoms with E-state index in [0.717, 1.165) is 16.1 Å². The van der Waals surface area contributed by atoms with Crippen LogP contribution in [0.5, 0.6) is 5.75 Å². The third kappa shape index (κ3) is 4.17. The SMILES string of the molecule is O=C(O)Cc1csc(-c2cccc(OCc3ccc(F)cc3)c2)n1. The molecule has 3 aromatic rings. The minimum absolute atomic E-state index is 0.0861. The van der Waals surface area contributed by atoms with E-state index in [1.807, 2.05) is 24.3 Å². The van der Waals surface area contributed by atoms with Crippen molar-refractivity contribution >= 4 is 17.3 Å². The van der Waals surface area contributed by atoms with Crippen LogP contribution in [0.25, 0.3) is 10.6 Å². The molecule has 0 fully saturated rings. The number of hydrogen-bond donors (Lipinski definition) is 1. The number of aromatic nitrogens is 1. The van der Waals surface area contributed by atoms with Gasteiger partial charge < -0.3 is 9.84 Å². The molecule has 2 aromatic carbocycles. The van der Waals surface area contributed by atoms with Crippen molar-refractivity contribution in [2.45, 2.75) is 13.0 Å². The molecule has 0 amide bonds. The summed E-state index contributed by atoms with van der Waals surface area (Å²) in [6.45, 7) is 0.339. The van der Waals surface area contributed by atoms with E-state index >= 15 is 0 Å². The van der Waals surface area contributed by atoms with Crippen molar-refractivity contribution in [2.75, 3.05) is 0 Å². The van der Waals surface area contributed by atoms with E-state index in [-0.39, 0.29) is 12.2 Å². The van der Waals surface area contributed by atoms with Gasteiger partial charge in [0.25, 0.3) is 0 Å². The molecular formula is C18H14FNO3S. The van der Waals surface area contributed by atoms with E-state index in [0.29, 0.717) is 18.1 Å². The molecule has 0 spiro atoms. The van der Waals surface area contributed by atoms with Crippen molar-refractivity contribution in [3.8, 4) is 16.3 Å². The van der Waals surface area contributed by atoms with Gasteiger partial charge in [-0.15, -0.1) is 11.3 Å². The fourth-order valence-electron chi connectivity index (χ4n) is 2.14. The number of nitrogens with zero attached hydrogens (tertiary/aromatic N) is 1. The van der Waals surface area contributed by atoms with Gasteiger partial charge in [-0.3, -0.25) is 4.79 Å². The largest absolute Gasteiger partial charge is 0.489 e. The Morgan fingerprint density at radius 2 is 2.00 bits per heavy atom. The molecule has 122 valence electrons. The van der Waals surface area contributed by atoms with Crippen LogP contribution in [0, 0.1) is 5.82 Å². The summed E-state index contributed by atoms with van der Waals surface area (Å²) in [5.74, 6) is -0.503. The van der Waals surface area contributed by atoms with Crippen molar-refractivity contribution < 1.29 is 19.0 Å². The van der Waals surface area contributed by atoms with Gasteiger partial charge in [0.1, 0.15) is 23.2 Å². The van der Waals surface area contributed by atoms with Crippen molar-refractivity contribution in [3.63, 3.8) is 0 Å². The summed E-state index contributed by atoms with van der Waals surface area (Å²) < 4.78 is 18.6. The second-order valence-electron chi connectivity index (χ2n) is 5.16. The smallest absolute Gasteiger partial charge is 0.309 e. The molecule has 1 heterocycles. The number of aliphatic carboxylic acids is 1. The average molecular weight is 343 g/mol. The van der Waals surface area contributed by atoms with Crippen LogP contribution < -0.4 is 4.74 Å². The van der Waals surface area contributed by atoms with Gasteiger partial charge in [0.2, 0.25) is 0 Å². The molecule has 4 nitrogen and oxygen atoms in total. The predicted molar refractivity (Wildman–Crippen MR) is 89.6 cm³/mol. The van der Waals surface area contributed by atoms with Crippen LogP contribution in [0.3, 0.4) is 0 Å². The molecule has 0 radical (unpaired) electrons. The fraction of sp³-hybridized carbons (Fsp3) is 0.111. The predicted octanol–water partition coefficient (Wildman–Crippen LogP) is 4.16. The average Bonchev–Trinajstić information content (AvgIpc) is 3.02. The standard InChI is InChI=1S/C18H14FNO3S/c19-14-6-4-12(5-7-14)10-23-16-3-1-2-13(8-16)18-20-15(11-24-18)9-17(21)22/h1-8,11H,9-10H2,(H,21,22). The first-order valence-electron chi connectivity index (χ1n) is 7.24. The van der Waals surface area contributed by atoms with Crippen molar-refractivity contribution in [2.24, 2.45) is 0 Å². The number of rotatable bonds is 6. The van der Waals surface area contributed by atoms with E-state index in [2.05, 4.69) is 4.98 Å². The van der Waals surface area contributed by atoms with E-state index in [9.17, 15) is 9.18 Å². The Kier molecular flexibility index (Phi) is 4.86. The van der Waals surface area contributed by atoms with Gasteiger partial charge >= 0.3 is 5.97 Å². The lowest BCUT2D eigenvalue weighted by Gasteiger charge is -2.07. The summed E-state index contributed by atoms with van der Waals surface area (Å²) in [6, 6.07) is 13.6. The van der Waals surface area contributed by atoms with E-state index in [1.165, 1.54) is 23.5 Å². The summed E-state index contributed by atoms with van der Waals surface area (Å²) in [6.07, 6.45) is -0.0861. The van der Waals surface area contributed by atoms with Crippen LogP contribution >= 0.6 is 11.3 Å². The highest BCUT2D eigenvalue weighted by Crippen LogP contribution is 2.27. The Labute approximate surface area is 142 Å². The van der Waals surface area contributed by atoms with Gasteiger partial charge in [-0.25, -0.2) is 9.37 Å². The number of hydrogen-bond acceptors (Lipinski definition) is 4. The minimum atomic E-state index is -0.900. The molecule has 0 aliphatic carbocycles. The van der Waals surface area contributed by atoms with Crippen LogP contribution in [-0.2, 0) is 17.8 Å². The number of halogens is 1. The summed E-state index contributed by atoms with van der Waals surface area (Å²) >= 11 is 1.40. The maximum atomic E-state index is 12.9. The summed E-state index contributed by atoms with van der Waals surface area (Å²) in [5.41, 5.74) is 2.29. The molecular weight excluding hydrogens is 329 g/mol. The molecule has 1 aromatic heterocycles. The van der Waals surface area contributed by atoms with Crippen LogP contribution in [0.15, 0.2) is 53.9 Å². The fourth-order valence-corrected chi connectivity index (χ4v) is 2.96. The number of carboxylic acids is 1. The van der Waals surface area contributed by atoms with Crippen molar-refractivity contribution in [1.82, 2.24) is 4.98 Å². The van der Waals surface area contributed by atoms with Crippen LogP contribution in [0.1, 0.15) is 11.3 Å². The van der Waals surface area contributed by atoms with Gasteiger partial charge in [-0.05, 0) is 29.8 Å². The Hall–Kier alpha value is -2.73. The molecule has 0 atom stereocenters. The van der Waals surface area contributed by atoms with Crippen LogP contribution in [-0.4, -0.2) is 16.1 Å². The number of benzene rings is 2. The van der Waals surface area contributed by atoms with Gasteiger partial charge in [0.05, 0.1) is 12.1 Å². The molecule has 3 rings (SSSR count).